The van der Waals surface area contributed by atoms with Crippen LogP contribution in [0.15, 0.2) is 24.8 Å². The van der Waals surface area contributed by atoms with Crippen molar-refractivity contribution in [1.29, 1.82) is 0 Å². The predicted molar refractivity (Wildman–Crippen MR) is 71.6 cm³/mol. The summed E-state index contributed by atoms with van der Waals surface area (Å²) in [5, 5.41) is 0. The van der Waals surface area contributed by atoms with E-state index in [1.54, 1.807) is 6.92 Å². The molecule has 0 aliphatic rings. The Bertz CT molecular complexity index is 351. The maximum atomic E-state index is 11.3. The molecule has 0 aromatic rings. The molecule has 0 saturated heterocycles. The highest BCUT2D eigenvalue weighted by Crippen LogP contribution is 2.12. The SMILES string of the molecule is C=CC(=O)OCC(COC(=O)C(=C)C)OC(C)(C)C. The lowest BCUT2D eigenvalue weighted by Crippen LogP contribution is -2.35. The van der Waals surface area contributed by atoms with Crippen LogP contribution >= 0.6 is 0 Å². The summed E-state index contributed by atoms with van der Waals surface area (Å²) in [6.45, 7) is 13.9. The second-order valence-electron chi connectivity index (χ2n) is 5.07. The lowest BCUT2D eigenvalue weighted by molar-refractivity contribution is -0.159. The number of carbonyl (C=O) groups excluding carboxylic acids is 2. The van der Waals surface area contributed by atoms with Crippen LogP contribution in [0.5, 0.6) is 0 Å². The van der Waals surface area contributed by atoms with Crippen LogP contribution in [0.4, 0.5) is 0 Å². The van der Waals surface area contributed by atoms with Crippen molar-refractivity contribution in [3.8, 4) is 0 Å². The van der Waals surface area contributed by atoms with Crippen molar-refractivity contribution in [1.82, 2.24) is 0 Å². The molecule has 0 fully saturated rings. The van der Waals surface area contributed by atoms with Crippen LogP contribution in [0.2, 0.25) is 0 Å². The summed E-state index contributed by atoms with van der Waals surface area (Å²) in [4.78, 5) is 22.3. The highest BCUT2D eigenvalue weighted by molar-refractivity contribution is 5.86. The van der Waals surface area contributed by atoms with E-state index < -0.39 is 23.6 Å². The van der Waals surface area contributed by atoms with Crippen molar-refractivity contribution in [2.75, 3.05) is 13.2 Å². The standard InChI is InChI=1S/C14H22O5/c1-7-12(15)17-8-11(19-14(4,5)6)9-18-13(16)10(2)3/h7,11H,1-2,8-9H2,3-6H3. The molecule has 0 bridgehead atoms. The van der Waals surface area contributed by atoms with Gasteiger partial charge in [-0.1, -0.05) is 13.2 Å². The summed E-state index contributed by atoms with van der Waals surface area (Å²) in [7, 11) is 0. The Morgan fingerprint density at radius 2 is 1.74 bits per heavy atom. The zero-order valence-corrected chi connectivity index (χ0v) is 12.0. The average molecular weight is 270 g/mol. The lowest BCUT2D eigenvalue weighted by Gasteiger charge is -2.27. The van der Waals surface area contributed by atoms with Crippen molar-refractivity contribution in [2.24, 2.45) is 0 Å². The second kappa shape index (κ2) is 7.74. The third kappa shape index (κ3) is 9.02. The molecule has 5 heteroatoms. The highest BCUT2D eigenvalue weighted by atomic mass is 16.6. The zero-order valence-electron chi connectivity index (χ0n) is 12.0. The largest absolute Gasteiger partial charge is 0.460 e. The molecule has 0 heterocycles. The van der Waals surface area contributed by atoms with Crippen LogP contribution in [0.3, 0.4) is 0 Å². The summed E-state index contributed by atoms with van der Waals surface area (Å²) < 4.78 is 15.5. The van der Waals surface area contributed by atoms with E-state index in [0.29, 0.717) is 5.57 Å². The fourth-order valence-corrected chi connectivity index (χ4v) is 1.14. The molecule has 0 aromatic heterocycles. The van der Waals surface area contributed by atoms with Crippen LogP contribution in [0.25, 0.3) is 0 Å². The van der Waals surface area contributed by atoms with Gasteiger partial charge in [-0.05, 0) is 27.7 Å². The Morgan fingerprint density at radius 1 is 1.21 bits per heavy atom. The van der Waals surface area contributed by atoms with Gasteiger partial charge in [0, 0.05) is 11.6 Å². The number of hydrogen-bond acceptors (Lipinski definition) is 5. The van der Waals surface area contributed by atoms with Crippen molar-refractivity contribution >= 4 is 11.9 Å². The van der Waals surface area contributed by atoms with Gasteiger partial charge in [-0.2, -0.15) is 0 Å². The monoisotopic (exact) mass is 270 g/mol. The topological polar surface area (TPSA) is 61.8 Å². The minimum atomic E-state index is -0.547. The number of ether oxygens (including phenoxy) is 3. The first kappa shape index (κ1) is 17.4. The van der Waals surface area contributed by atoms with E-state index in [-0.39, 0.29) is 13.2 Å². The van der Waals surface area contributed by atoms with Gasteiger partial charge in [-0.15, -0.1) is 0 Å². The van der Waals surface area contributed by atoms with Crippen molar-refractivity contribution in [3.05, 3.63) is 24.8 Å². The van der Waals surface area contributed by atoms with Crippen molar-refractivity contribution in [2.45, 2.75) is 39.4 Å². The molecule has 0 aliphatic carbocycles. The number of carbonyl (C=O) groups is 2. The van der Waals surface area contributed by atoms with Crippen molar-refractivity contribution in [3.63, 3.8) is 0 Å². The Balaban J connectivity index is 4.41. The van der Waals surface area contributed by atoms with Crippen molar-refractivity contribution < 1.29 is 23.8 Å². The molecule has 0 aromatic carbocycles. The molecule has 0 radical (unpaired) electrons. The van der Waals surface area contributed by atoms with Gasteiger partial charge in [-0.25, -0.2) is 9.59 Å². The maximum Gasteiger partial charge on any atom is 0.333 e. The molecule has 1 atom stereocenters. The Kier molecular flexibility index (Phi) is 7.08. The first-order valence-electron chi connectivity index (χ1n) is 5.95. The quantitative estimate of drug-likeness (QED) is 0.523. The fraction of sp³-hybridized carbons (Fsp3) is 0.571. The smallest absolute Gasteiger partial charge is 0.333 e. The Morgan fingerprint density at radius 3 is 2.16 bits per heavy atom. The highest BCUT2D eigenvalue weighted by Gasteiger charge is 2.21. The third-order valence-corrected chi connectivity index (χ3v) is 1.85. The first-order valence-corrected chi connectivity index (χ1v) is 5.95. The van der Waals surface area contributed by atoms with E-state index in [1.807, 2.05) is 20.8 Å². The van der Waals surface area contributed by atoms with E-state index >= 15 is 0 Å². The summed E-state index contributed by atoms with van der Waals surface area (Å²) >= 11 is 0. The van der Waals surface area contributed by atoms with Gasteiger partial charge in [0.1, 0.15) is 19.3 Å². The average Bonchev–Trinajstić information content (AvgIpc) is 2.29. The molecule has 0 rings (SSSR count). The summed E-state index contributed by atoms with van der Waals surface area (Å²) in [6, 6.07) is 0. The number of rotatable bonds is 7. The van der Waals surface area contributed by atoms with Crippen LogP contribution in [0, 0.1) is 0 Å². The minimum absolute atomic E-state index is 0.00656. The minimum Gasteiger partial charge on any atom is -0.460 e. The lowest BCUT2D eigenvalue weighted by atomic mass is 10.2. The van der Waals surface area contributed by atoms with E-state index in [0.717, 1.165) is 6.08 Å². The molecule has 1 unspecified atom stereocenters. The molecule has 0 N–H and O–H groups in total. The maximum absolute atomic E-state index is 11.3. The Hall–Kier alpha value is -1.62. The van der Waals surface area contributed by atoms with E-state index in [2.05, 4.69) is 13.2 Å². The molecule has 5 nitrogen and oxygen atoms in total. The van der Waals surface area contributed by atoms with Crippen LogP contribution < -0.4 is 0 Å². The molecule has 0 spiro atoms. The molecular weight excluding hydrogens is 248 g/mol. The molecule has 19 heavy (non-hydrogen) atoms. The van der Waals surface area contributed by atoms with Gasteiger partial charge in [0.15, 0.2) is 0 Å². The van der Waals surface area contributed by atoms with Gasteiger partial charge in [0.25, 0.3) is 0 Å². The van der Waals surface area contributed by atoms with Gasteiger partial charge in [0.2, 0.25) is 0 Å². The van der Waals surface area contributed by atoms with Crippen LogP contribution in [0.1, 0.15) is 27.7 Å². The van der Waals surface area contributed by atoms with E-state index in [4.69, 9.17) is 14.2 Å². The first-order chi connectivity index (χ1) is 8.65. The summed E-state index contributed by atoms with van der Waals surface area (Å²) in [5.41, 5.74) is -0.140. The second-order valence-corrected chi connectivity index (χ2v) is 5.07. The normalized spacial score (nSPS) is 12.4. The van der Waals surface area contributed by atoms with Crippen LogP contribution in [-0.4, -0.2) is 36.9 Å². The summed E-state index contributed by atoms with van der Waals surface area (Å²) in [5.74, 6) is -1.05. The van der Waals surface area contributed by atoms with Gasteiger partial charge >= 0.3 is 11.9 Å². The Labute approximate surface area is 114 Å². The molecule has 0 amide bonds. The molecule has 0 saturated carbocycles. The van der Waals surface area contributed by atoms with E-state index in [1.165, 1.54) is 0 Å². The third-order valence-electron chi connectivity index (χ3n) is 1.85. The van der Waals surface area contributed by atoms with E-state index in [9.17, 15) is 9.59 Å². The number of hydrogen-bond donors (Lipinski definition) is 0. The fourth-order valence-electron chi connectivity index (χ4n) is 1.14. The van der Waals surface area contributed by atoms with Gasteiger partial charge in [-0.3, -0.25) is 0 Å². The molecular formula is C14H22O5. The zero-order chi connectivity index (χ0) is 15.1. The predicted octanol–water partition coefficient (Wildman–Crippen LogP) is 2.02. The molecule has 0 aliphatic heterocycles. The summed E-state index contributed by atoms with van der Waals surface area (Å²) in [6.07, 6.45) is 0.529. The van der Waals surface area contributed by atoms with Crippen LogP contribution in [-0.2, 0) is 23.8 Å². The van der Waals surface area contributed by atoms with Gasteiger partial charge in [0.05, 0.1) is 5.60 Å². The van der Waals surface area contributed by atoms with Gasteiger partial charge < -0.3 is 14.2 Å². The number of esters is 2. The molecule has 108 valence electrons.